The zero-order valence-corrected chi connectivity index (χ0v) is 22.7. The monoisotopic (exact) mass is 522 g/mol. The molecule has 3 aliphatic heterocycles. The van der Waals surface area contributed by atoms with E-state index >= 15 is 0 Å². The van der Waals surface area contributed by atoms with Crippen molar-refractivity contribution in [1.29, 1.82) is 0 Å². The summed E-state index contributed by atoms with van der Waals surface area (Å²) in [4.78, 5) is 37.3. The molecule has 5 rings (SSSR count). The maximum absolute atomic E-state index is 13.2. The summed E-state index contributed by atoms with van der Waals surface area (Å²) in [6, 6.07) is 9.30. The molecule has 0 spiro atoms. The average molecular weight is 523 g/mol. The van der Waals surface area contributed by atoms with Crippen LogP contribution in [-0.2, 0) is 9.53 Å². The van der Waals surface area contributed by atoms with Crippen LogP contribution < -0.4 is 25.2 Å². The van der Waals surface area contributed by atoms with Crippen LogP contribution in [0, 0.1) is 0 Å². The number of piperidine rings is 1. The van der Waals surface area contributed by atoms with Crippen molar-refractivity contribution in [3.8, 4) is 5.75 Å². The highest BCUT2D eigenvalue weighted by Crippen LogP contribution is 2.38. The van der Waals surface area contributed by atoms with Crippen LogP contribution in [0.1, 0.15) is 43.0 Å². The van der Waals surface area contributed by atoms with Gasteiger partial charge in [0.15, 0.2) is 5.82 Å². The van der Waals surface area contributed by atoms with E-state index in [2.05, 4.69) is 27.5 Å². The van der Waals surface area contributed by atoms with Crippen molar-refractivity contribution in [2.75, 3.05) is 62.6 Å². The number of fused-ring (bicyclic) bond motifs is 1. The first-order valence-corrected chi connectivity index (χ1v) is 13.4. The lowest BCUT2D eigenvalue weighted by molar-refractivity contribution is -0.119. The molecule has 2 fully saturated rings. The number of hydrogen-bond donors (Lipinski definition) is 2. The van der Waals surface area contributed by atoms with Crippen molar-refractivity contribution in [3.05, 3.63) is 35.9 Å². The van der Waals surface area contributed by atoms with Gasteiger partial charge in [0.05, 0.1) is 18.4 Å². The normalized spacial score (nSPS) is 21.3. The summed E-state index contributed by atoms with van der Waals surface area (Å²) in [5.41, 5.74) is 2.01. The number of hydrogen-bond acceptors (Lipinski definition) is 8. The summed E-state index contributed by atoms with van der Waals surface area (Å²) in [5, 5.41) is 6.54. The van der Waals surface area contributed by atoms with Crippen LogP contribution in [-0.4, -0.2) is 87.3 Å². The molecule has 2 saturated heterocycles. The van der Waals surface area contributed by atoms with E-state index in [4.69, 9.17) is 14.5 Å². The summed E-state index contributed by atoms with van der Waals surface area (Å²) < 4.78 is 11.1. The van der Waals surface area contributed by atoms with Gasteiger partial charge in [-0.3, -0.25) is 9.59 Å². The van der Waals surface area contributed by atoms with Gasteiger partial charge < -0.3 is 34.8 Å². The molecule has 0 aliphatic carbocycles. The molecule has 10 heteroatoms. The highest BCUT2D eigenvalue weighted by atomic mass is 16.5. The van der Waals surface area contributed by atoms with Crippen molar-refractivity contribution < 1.29 is 19.1 Å². The highest BCUT2D eigenvalue weighted by molar-refractivity contribution is 6.04. The minimum atomic E-state index is -0.311. The Morgan fingerprint density at radius 3 is 2.53 bits per heavy atom. The van der Waals surface area contributed by atoms with Gasteiger partial charge in [-0.25, -0.2) is 4.98 Å². The molecule has 0 bridgehead atoms. The Morgan fingerprint density at radius 2 is 1.82 bits per heavy atom. The van der Waals surface area contributed by atoms with E-state index in [0.717, 1.165) is 56.0 Å². The van der Waals surface area contributed by atoms with Crippen LogP contribution in [0.2, 0.25) is 0 Å². The molecule has 4 heterocycles. The number of anilines is 4. The summed E-state index contributed by atoms with van der Waals surface area (Å²) >= 11 is 0. The lowest BCUT2D eigenvalue weighted by atomic mass is 10.0. The smallest absolute Gasteiger partial charge is 0.255 e. The number of rotatable bonds is 6. The number of aromatic nitrogens is 1. The summed E-state index contributed by atoms with van der Waals surface area (Å²) in [7, 11) is 5.47. The topological polar surface area (TPSA) is 99.3 Å². The second-order valence-corrected chi connectivity index (χ2v) is 10.5. The van der Waals surface area contributed by atoms with Gasteiger partial charge in [-0.15, -0.1) is 0 Å². The number of likely N-dealkylation sites (tertiary alicyclic amines) is 1. The second kappa shape index (κ2) is 11.2. The SMILES string of the molecule is COc1ccc(Nc2ccc3c(n2)N(C2CCOCC2)[C@H](C)C(=O)N3C)cc1C(=O)NC1CCN(C)CC1. The van der Waals surface area contributed by atoms with E-state index < -0.39 is 0 Å². The van der Waals surface area contributed by atoms with E-state index in [9.17, 15) is 9.59 Å². The molecule has 204 valence electrons. The van der Waals surface area contributed by atoms with Gasteiger partial charge in [0.25, 0.3) is 5.91 Å². The molecule has 0 saturated carbocycles. The van der Waals surface area contributed by atoms with E-state index in [1.54, 1.807) is 31.2 Å². The Balaban J connectivity index is 1.39. The predicted molar refractivity (Wildman–Crippen MR) is 148 cm³/mol. The highest BCUT2D eigenvalue weighted by Gasteiger charge is 2.39. The van der Waals surface area contributed by atoms with E-state index in [1.807, 2.05) is 25.1 Å². The Bertz CT molecular complexity index is 1180. The number of ether oxygens (including phenoxy) is 2. The van der Waals surface area contributed by atoms with Crippen LogP contribution in [0.5, 0.6) is 5.75 Å². The third-order valence-electron chi connectivity index (χ3n) is 7.92. The third kappa shape index (κ3) is 5.28. The molecule has 10 nitrogen and oxygen atoms in total. The average Bonchev–Trinajstić information content (AvgIpc) is 2.93. The van der Waals surface area contributed by atoms with E-state index in [0.29, 0.717) is 30.3 Å². The van der Waals surface area contributed by atoms with Crippen molar-refractivity contribution >= 4 is 34.8 Å². The summed E-state index contributed by atoms with van der Waals surface area (Å²) in [6.45, 7) is 5.24. The number of nitrogens with one attached hydrogen (secondary N) is 2. The first-order chi connectivity index (χ1) is 18.4. The van der Waals surface area contributed by atoms with Gasteiger partial charge in [0, 0.05) is 38.0 Å². The predicted octanol–water partition coefficient (Wildman–Crippen LogP) is 3.01. The molecular formula is C28H38N6O4. The van der Waals surface area contributed by atoms with Crippen molar-refractivity contribution in [3.63, 3.8) is 0 Å². The standard InChI is InChI=1S/C28H38N6O4/c1-18-28(36)33(3)23-6-8-25(31-26(23)34(18)21-11-15-38-16-12-21)29-20-5-7-24(37-4)22(17-20)27(35)30-19-9-13-32(2)14-10-19/h5-8,17-19,21H,9-16H2,1-4H3,(H,29,31)(H,30,35)/t18-/m1/s1. The zero-order valence-electron chi connectivity index (χ0n) is 22.7. The molecule has 1 aromatic heterocycles. The van der Waals surface area contributed by atoms with Gasteiger partial charge in [-0.1, -0.05) is 0 Å². The molecular weight excluding hydrogens is 484 g/mol. The number of likely N-dealkylation sites (N-methyl/N-ethyl adjacent to an activating group) is 1. The fraction of sp³-hybridized carbons (Fsp3) is 0.536. The lowest BCUT2D eigenvalue weighted by Gasteiger charge is -2.44. The number of nitrogens with zero attached hydrogens (tertiary/aromatic N) is 4. The van der Waals surface area contributed by atoms with Crippen molar-refractivity contribution in [2.45, 2.75) is 50.7 Å². The van der Waals surface area contributed by atoms with Crippen LogP contribution >= 0.6 is 0 Å². The van der Waals surface area contributed by atoms with Gasteiger partial charge in [-0.2, -0.15) is 0 Å². The number of benzene rings is 1. The first kappa shape index (κ1) is 26.2. The second-order valence-electron chi connectivity index (χ2n) is 10.5. The molecule has 2 aromatic rings. The number of methoxy groups -OCH3 is 1. The Labute approximate surface area is 224 Å². The minimum absolute atomic E-state index is 0.0573. The third-order valence-corrected chi connectivity index (χ3v) is 7.92. The zero-order chi connectivity index (χ0) is 26.8. The van der Waals surface area contributed by atoms with Crippen LogP contribution in [0.15, 0.2) is 30.3 Å². The van der Waals surface area contributed by atoms with Crippen molar-refractivity contribution in [2.24, 2.45) is 0 Å². The summed E-state index contributed by atoms with van der Waals surface area (Å²) in [5.74, 6) is 1.87. The molecule has 2 N–H and O–H groups in total. The van der Waals surface area contributed by atoms with Crippen LogP contribution in [0.4, 0.5) is 23.0 Å². The van der Waals surface area contributed by atoms with Crippen molar-refractivity contribution in [1.82, 2.24) is 15.2 Å². The Morgan fingerprint density at radius 1 is 1.08 bits per heavy atom. The number of pyridine rings is 1. The largest absolute Gasteiger partial charge is 0.496 e. The maximum Gasteiger partial charge on any atom is 0.255 e. The molecule has 1 aromatic carbocycles. The molecule has 2 amide bonds. The van der Waals surface area contributed by atoms with E-state index in [-0.39, 0.29) is 29.9 Å². The van der Waals surface area contributed by atoms with Gasteiger partial charge in [0.2, 0.25) is 5.91 Å². The van der Waals surface area contributed by atoms with Gasteiger partial charge in [-0.05, 0) is 83.1 Å². The molecule has 3 aliphatic rings. The lowest BCUT2D eigenvalue weighted by Crippen LogP contribution is -2.56. The first-order valence-electron chi connectivity index (χ1n) is 13.4. The fourth-order valence-electron chi connectivity index (χ4n) is 5.64. The Hall–Kier alpha value is -3.37. The number of amides is 2. The minimum Gasteiger partial charge on any atom is -0.496 e. The number of carbonyl (C=O) groups excluding carboxylic acids is 2. The molecule has 0 unspecified atom stereocenters. The van der Waals surface area contributed by atoms with Crippen LogP contribution in [0.25, 0.3) is 0 Å². The Kier molecular flexibility index (Phi) is 7.71. The quantitative estimate of drug-likeness (QED) is 0.598. The molecule has 1 atom stereocenters. The maximum atomic E-state index is 13.2. The summed E-state index contributed by atoms with van der Waals surface area (Å²) in [6.07, 6.45) is 3.57. The molecule has 38 heavy (non-hydrogen) atoms. The van der Waals surface area contributed by atoms with Crippen LogP contribution in [0.3, 0.4) is 0 Å². The fourth-order valence-corrected chi connectivity index (χ4v) is 5.64. The molecule has 0 radical (unpaired) electrons. The van der Waals surface area contributed by atoms with Gasteiger partial charge in [0.1, 0.15) is 17.6 Å². The van der Waals surface area contributed by atoms with Gasteiger partial charge >= 0.3 is 0 Å². The number of carbonyl (C=O) groups is 2. The van der Waals surface area contributed by atoms with E-state index in [1.165, 1.54) is 0 Å².